The largest absolute Gasteiger partial charge is 0.459 e. The zero-order valence-corrected chi connectivity index (χ0v) is 13.2. The normalized spacial score (nSPS) is 10.8. The van der Waals surface area contributed by atoms with E-state index in [1.165, 1.54) is 17.2 Å². The third kappa shape index (κ3) is 3.57. The molecule has 0 saturated heterocycles. The molecule has 0 saturated carbocycles. The van der Waals surface area contributed by atoms with Crippen LogP contribution in [0.25, 0.3) is 11.7 Å². The van der Waals surface area contributed by atoms with Crippen molar-refractivity contribution >= 4 is 11.8 Å². The Morgan fingerprint density at radius 3 is 2.76 bits per heavy atom. The van der Waals surface area contributed by atoms with Crippen LogP contribution in [0.1, 0.15) is 29.8 Å². The van der Waals surface area contributed by atoms with Crippen LogP contribution in [0.15, 0.2) is 43.8 Å². The summed E-state index contributed by atoms with van der Waals surface area (Å²) in [7, 11) is 0. The van der Waals surface area contributed by atoms with Gasteiger partial charge in [0.2, 0.25) is 5.89 Å². The first-order valence-corrected chi connectivity index (χ1v) is 7.48. The molecule has 0 spiro atoms. The van der Waals surface area contributed by atoms with Crippen LogP contribution in [0.4, 0.5) is 5.88 Å². The summed E-state index contributed by atoms with van der Waals surface area (Å²) in [4.78, 5) is 23.9. The minimum atomic E-state index is -0.700. The predicted molar refractivity (Wildman–Crippen MR) is 82.4 cm³/mol. The number of hydrogen-bond donors (Lipinski definition) is 0. The molecule has 3 aromatic heterocycles. The quantitative estimate of drug-likeness (QED) is 0.471. The van der Waals surface area contributed by atoms with Gasteiger partial charge >= 0.3 is 5.88 Å². The summed E-state index contributed by atoms with van der Waals surface area (Å²) in [6.45, 7) is 2.34. The van der Waals surface area contributed by atoms with Gasteiger partial charge in [-0.2, -0.15) is 0 Å². The van der Waals surface area contributed by atoms with E-state index in [2.05, 4.69) is 10.2 Å². The highest BCUT2D eigenvalue weighted by Gasteiger charge is 2.24. The Hall–Kier alpha value is -3.43. The number of nitro groups is 1. The van der Waals surface area contributed by atoms with Gasteiger partial charge in [-0.15, -0.1) is 10.2 Å². The average molecular weight is 346 g/mol. The third-order valence-corrected chi connectivity index (χ3v) is 3.29. The number of hydrogen-bond acceptors (Lipinski definition) is 8. The molecule has 0 aliphatic rings. The summed E-state index contributed by atoms with van der Waals surface area (Å²) in [6.07, 6.45) is 2.16. The van der Waals surface area contributed by atoms with Gasteiger partial charge in [0.05, 0.1) is 18.9 Å². The Morgan fingerprint density at radius 2 is 2.12 bits per heavy atom. The Morgan fingerprint density at radius 1 is 1.28 bits per heavy atom. The Labute approximate surface area is 141 Å². The fraction of sp³-hybridized carbons (Fsp3) is 0.267. The van der Waals surface area contributed by atoms with Crippen molar-refractivity contribution in [2.24, 2.45) is 0 Å². The fourth-order valence-electron chi connectivity index (χ4n) is 2.20. The summed E-state index contributed by atoms with van der Waals surface area (Å²) in [5.41, 5.74) is 0. The number of carbonyl (C=O) groups is 1. The first-order valence-electron chi connectivity index (χ1n) is 7.48. The second-order valence-electron chi connectivity index (χ2n) is 5.10. The van der Waals surface area contributed by atoms with Gasteiger partial charge in [-0.3, -0.25) is 14.9 Å². The Bertz CT molecular complexity index is 866. The van der Waals surface area contributed by atoms with Crippen LogP contribution in [0.3, 0.4) is 0 Å². The lowest BCUT2D eigenvalue weighted by Crippen LogP contribution is -2.31. The second-order valence-corrected chi connectivity index (χ2v) is 5.10. The van der Waals surface area contributed by atoms with Crippen LogP contribution in [-0.4, -0.2) is 32.5 Å². The molecule has 0 atom stereocenters. The van der Waals surface area contributed by atoms with E-state index in [0.717, 1.165) is 6.07 Å². The van der Waals surface area contributed by atoms with Crippen LogP contribution in [-0.2, 0) is 6.54 Å². The van der Waals surface area contributed by atoms with Gasteiger partial charge in [0.25, 0.3) is 11.8 Å². The number of carbonyl (C=O) groups excluding carboxylic acids is 1. The minimum absolute atomic E-state index is 0.0505. The van der Waals surface area contributed by atoms with E-state index in [1.807, 2.05) is 6.92 Å². The number of furan rings is 2. The Kier molecular flexibility index (Phi) is 4.59. The van der Waals surface area contributed by atoms with E-state index in [9.17, 15) is 14.9 Å². The van der Waals surface area contributed by atoms with E-state index in [0.29, 0.717) is 18.7 Å². The molecule has 10 heteroatoms. The van der Waals surface area contributed by atoms with Crippen molar-refractivity contribution in [3.8, 4) is 11.7 Å². The van der Waals surface area contributed by atoms with E-state index >= 15 is 0 Å². The Balaban J connectivity index is 1.76. The molecule has 0 bridgehead atoms. The summed E-state index contributed by atoms with van der Waals surface area (Å²) in [6, 6.07) is 5.77. The van der Waals surface area contributed by atoms with Gasteiger partial charge in [-0.25, -0.2) is 0 Å². The maximum absolute atomic E-state index is 12.5. The van der Waals surface area contributed by atoms with Crippen molar-refractivity contribution in [1.82, 2.24) is 15.1 Å². The smallest absolute Gasteiger partial charge is 0.433 e. The van der Waals surface area contributed by atoms with Crippen molar-refractivity contribution in [2.45, 2.75) is 19.9 Å². The number of amides is 1. The zero-order chi connectivity index (χ0) is 17.8. The van der Waals surface area contributed by atoms with Gasteiger partial charge < -0.3 is 18.2 Å². The van der Waals surface area contributed by atoms with Gasteiger partial charge in [0, 0.05) is 6.54 Å². The summed E-state index contributed by atoms with van der Waals surface area (Å²) >= 11 is 0. The molecule has 1 amide bonds. The molecule has 130 valence electrons. The van der Waals surface area contributed by atoms with Gasteiger partial charge in [0.15, 0.2) is 11.5 Å². The molecule has 0 unspecified atom stereocenters. The molecule has 25 heavy (non-hydrogen) atoms. The van der Waals surface area contributed by atoms with E-state index in [4.69, 9.17) is 13.3 Å². The highest BCUT2D eigenvalue weighted by Crippen LogP contribution is 2.21. The molecular weight excluding hydrogens is 332 g/mol. The standard InChI is InChI=1S/C15H14N4O6/c1-2-7-18(15(20)11-5-6-13(24-11)19(21)22)9-12-16-17-14(25-12)10-4-3-8-23-10/h3-6,8H,2,7,9H2,1H3. The SMILES string of the molecule is CCCN(Cc1nnc(-c2ccco2)o1)C(=O)c1ccc([N+](=O)[O-])o1. The lowest BCUT2D eigenvalue weighted by molar-refractivity contribution is -0.402. The molecule has 3 rings (SSSR count). The molecule has 0 aliphatic carbocycles. The second kappa shape index (κ2) is 6.99. The summed E-state index contributed by atoms with van der Waals surface area (Å²) < 4.78 is 15.6. The maximum Gasteiger partial charge on any atom is 0.433 e. The van der Waals surface area contributed by atoms with Crippen LogP contribution in [0.2, 0.25) is 0 Å². The topological polar surface area (TPSA) is 129 Å². The van der Waals surface area contributed by atoms with E-state index in [-0.39, 0.29) is 24.1 Å². The molecule has 0 radical (unpaired) electrons. The molecule has 3 heterocycles. The van der Waals surface area contributed by atoms with Crippen molar-refractivity contribution in [1.29, 1.82) is 0 Å². The molecule has 3 aromatic rings. The van der Waals surface area contributed by atoms with Gasteiger partial charge in [-0.05, 0) is 24.6 Å². The van der Waals surface area contributed by atoms with Crippen molar-refractivity contribution in [3.05, 3.63) is 52.3 Å². The molecule has 10 nitrogen and oxygen atoms in total. The lowest BCUT2D eigenvalue weighted by Gasteiger charge is -2.18. The molecule has 0 fully saturated rings. The van der Waals surface area contributed by atoms with E-state index in [1.54, 1.807) is 12.1 Å². The average Bonchev–Trinajstić information content (AvgIpc) is 3.33. The van der Waals surface area contributed by atoms with Crippen LogP contribution >= 0.6 is 0 Å². The highest BCUT2D eigenvalue weighted by molar-refractivity contribution is 5.91. The third-order valence-electron chi connectivity index (χ3n) is 3.29. The lowest BCUT2D eigenvalue weighted by atomic mass is 10.3. The first kappa shape index (κ1) is 16.4. The molecule has 0 aromatic carbocycles. The fourth-order valence-corrected chi connectivity index (χ4v) is 2.20. The number of nitrogens with zero attached hydrogens (tertiary/aromatic N) is 4. The number of aromatic nitrogens is 2. The number of rotatable bonds is 7. The first-order chi connectivity index (χ1) is 12.1. The van der Waals surface area contributed by atoms with Crippen molar-refractivity contribution in [3.63, 3.8) is 0 Å². The zero-order valence-electron chi connectivity index (χ0n) is 13.2. The van der Waals surface area contributed by atoms with Crippen LogP contribution < -0.4 is 0 Å². The predicted octanol–water partition coefficient (Wildman–Crippen LogP) is 2.88. The van der Waals surface area contributed by atoms with Crippen molar-refractivity contribution < 1.29 is 23.0 Å². The summed E-state index contributed by atoms with van der Waals surface area (Å²) in [5.74, 6) is -0.253. The van der Waals surface area contributed by atoms with E-state index < -0.39 is 16.7 Å². The molecular formula is C15H14N4O6. The van der Waals surface area contributed by atoms with Crippen LogP contribution in [0.5, 0.6) is 0 Å². The van der Waals surface area contributed by atoms with Crippen molar-refractivity contribution in [2.75, 3.05) is 6.54 Å². The molecule has 0 aliphatic heterocycles. The van der Waals surface area contributed by atoms with Crippen LogP contribution in [0, 0.1) is 10.1 Å². The minimum Gasteiger partial charge on any atom is -0.459 e. The van der Waals surface area contributed by atoms with Gasteiger partial charge in [-0.1, -0.05) is 6.92 Å². The molecule has 0 N–H and O–H groups in total. The maximum atomic E-state index is 12.5. The monoisotopic (exact) mass is 346 g/mol. The van der Waals surface area contributed by atoms with Gasteiger partial charge in [0.1, 0.15) is 4.92 Å². The highest BCUT2D eigenvalue weighted by atomic mass is 16.6. The summed E-state index contributed by atoms with van der Waals surface area (Å²) in [5, 5.41) is 18.4.